The van der Waals surface area contributed by atoms with Crippen LogP contribution in [0.5, 0.6) is 5.75 Å². The van der Waals surface area contributed by atoms with Crippen molar-refractivity contribution in [2.45, 2.75) is 3.79 Å². The first kappa shape index (κ1) is 12.4. The van der Waals surface area contributed by atoms with E-state index >= 15 is 0 Å². The van der Waals surface area contributed by atoms with Crippen molar-refractivity contribution in [1.82, 2.24) is 0 Å². The summed E-state index contributed by atoms with van der Waals surface area (Å²) in [6, 6.07) is 6.14. The van der Waals surface area contributed by atoms with Crippen molar-refractivity contribution in [1.29, 1.82) is 0 Å². The molecular weight excluding hydrogens is 262 g/mol. The molecule has 0 saturated heterocycles. The predicted molar refractivity (Wildman–Crippen MR) is 59.2 cm³/mol. The summed E-state index contributed by atoms with van der Waals surface area (Å²) >= 11 is 16.4. The number of alkyl halides is 3. The Hall–Kier alpha value is -0.640. The molecule has 1 aromatic rings. The third-order valence-electron chi connectivity index (χ3n) is 1.51. The number of halogens is 3. The lowest BCUT2D eigenvalue weighted by molar-refractivity contribution is 0.0692. The van der Waals surface area contributed by atoms with E-state index in [2.05, 4.69) is 0 Å². The second kappa shape index (κ2) is 4.92. The van der Waals surface area contributed by atoms with Gasteiger partial charge in [0.1, 0.15) is 17.9 Å². The van der Waals surface area contributed by atoms with Crippen molar-refractivity contribution >= 4 is 40.8 Å². The topological polar surface area (TPSA) is 46.5 Å². The Labute approximate surface area is 102 Å². The van der Waals surface area contributed by atoms with Gasteiger partial charge in [-0.25, -0.2) is 4.79 Å². The zero-order chi connectivity index (χ0) is 11.5. The predicted octanol–water partition coefficient (Wildman–Crippen LogP) is 3.13. The SMILES string of the molecule is O=C(O)c1ccccc1OCC(Cl)(Cl)Cl. The maximum Gasteiger partial charge on any atom is 0.339 e. The standard InChI is InChI=1S/C9H7Cl3O3/c10-9(11,12)5-15-7-4-2-1-3-6(7)8(13)14/h1-4H,5H2,(H,13,14). The lowest BCUT2D eigenvalue weighted by atomic mass is 10.2. The van der Waals surface area contributed by atoms with Crippen molar-refractivity contribution in [2.75, 3.05) is 6.61 Å². The molecule has 0 fully saturated rings. The highest BCUT2D eigenvalue weighted by Crippen LogP contribution is 2.28. The number of carbonyl (C=O) groups is 1. The van der Waals surface area contributed by atoms with Crippen LogP contribution in [0.3, 0.4) is 0 Å². The first-order valence-electron chi connectivity index (χ1n) is 3.92. The van der Waals surface area contributed by atoms with Crippen molar-refractivity contribution in [3.63, 3.8) is 0 Å². The summed E-state index contributed by atoms with van der Waals surface area (Å²) < 4.78 is 3.52. The zero-order valence-electron chi connectivity index (χ0n) is 7.41. The van der Waals surface area contributed by atoms with Crippen LogP contribution in [0.2, 0.25) is 0 Å². The number of aromatic carboxylic acids is 1. The van der Waals surface area contributed by atoms with Crippen LogP contribution in [0.15, 0.2) is 24.3 Å². The van der Waals surface area contributed by atoms with Gasteiger partial charge in [-0.15, -0.1) is 0 Å². The van der Waals surface area contributed by atoms with Gasteiger partial charge in [0.25, 0.3) is 0 Å². The number of para-hydroxylation sites is 1. The first-order chi connectivity index (χ1) is 6.90. The second-order valence-electron chi connectivity index (χ2n) is 2.71. The maximum atomic E-state index is 10.8. The molecule has 15 heavy (non-hydrogen) atoms. The summed E-state index contributed by atoms with van der Waals surface area (Å²) in [5, 5.41) is 8.82. The Kier molecular flexibility index (Phi) is 4.08. The number of hydrogen-bond acceptors (Lipinski definition) is 2. The molecule has 1 rings (SSSR count). The highest BCUT2D eigenvalue weighted by Gasteiger charge is 2.21. The van der Waals surface area contributed by atoms with E-state index in [0.29, 0.717) is 0 Å². The van der Waals surface area contributed by atoms with E-state index in [1.165, 1.54) is 12.1 Å². The van der Waals surface area contributed by atoms with E-state index in [9.17, 15) is 4.79 Å². The molecule has 1 aromatic carbocycles. The smallest absolute Gasteiger partial charge is 0.339 e. The minimum Gasteiger partial charge on any atom is -0.488 e. The molecule has 0 bridgehead atoms. The number of rotatable bonds is 3. The summed E-state index contributed by atoms with van der Waals surface area (Å²) in [7, 11) is 0. The zero-order valence-corrected chi connectivity index (χ0v) is 9.68. The molecule has 82 valence electrons. The summed E-state index contributed by atoms with van der Waals surface area (Å²) in [5.41, 5.74) is 0.0340. The van der Waals surface area contributed by atoms with Crippen LogP contribution in [-0.2, 0) is 0 Å². The molecule has 3 nitrogen and oxygen atoms in total. The molecule has 0 atom stereocenters. The van der Waals surface area contributed by atoms with E-state index in [1.54, 1.807) is 12.1 Å². The third kappa shape index (κ3) is 4.16. The van der Waals surface area contributed by atoms with Gasteiger partial charge in [-0.1, -0.05) is 46.9 Å². The molecular formula is C9H7Cl3O3. The van der Waals surface area contributed by atoms with Gasteiger partial charge in [0, 0.05) is 0 Å². The summed E-state index contributed by atoms with van der Waals surface area (Å²) in [6.07, 6.45) is 0. The van der Waals surface area contributed by atoms with Crippen molar-refractivity contribution in [3.8, 4) is 5.75 Å². The van der Waals surface area contributed by atoms with E-state index in [4.69, 9.17) is 44.6 Å². The van der Waals surface area contributed by atoms with Crippen LogP contribution in [0.25, 0.3) is 0 Å². The molecule has 0 spiro atoms. The highest BCUT2D eigenvalue weighted by molar-refractivity contribution is 6.67. The third-order valence-corrected chi connectivity index (χ3v) is 1.84. The molecule has 0 aliphatic carbocycles. The molecule has 0 aromatic heterocycles. The molecule has 6 heteroatoms. The largest absolute Gasteiger partial charge is 0.488 e. The van der Waals surface area contributed by atoms with Crippen LogP contribution < -0.4 is 4.74 Å². The fourth-order valence-electron chi connectivity index (χ4n) is 0.929. The van der Waals surface area contributed by atoms with Gasteiger partial charge < -0.3 is 9.84 Å². The Balaban J connectivity index is 2.81. The lowest BCUT2D eigenvalue weighted by Crippen LogP contribution is -2.16. The van der Waals surface area contributed by atoms with Crippen LogP contribution in [0, 0.1) is 0 Å². The Morgan fingerprint density at radius 3 is 2.47 bits per heavy atom. The van der Waals surface area contributed by atoms with Gasteiger partial charge >= 0.3 is 5.97 Å². The number of carboxylic acids is 1. The molecule has 0 heterocycles. The average molecular weight is 270 g/mol. The number of ether oxygens (including phenoxy) is 1. The van der Waals surface area contributed by atoms with E-state index in [1.807, 2.05) is 0 Å². The fraction of sp³-hybridized carbons (Fsp3) is 0.222. The van der Waals surface area contributed by atoms with Gasteiger partial charge in [0.05, 0.1) is 0 Å². The number of hydrogen-bond donors (Lipinski definition) is 1. The lowest BCUT2D eigenvalue weighted by Gasteiger charge is -2.13. The van der Waals surface area contributed by atoms with Crippen molar-refractivity contribution < 1.29 is 14.6 Å². The van der Waals surface area contributed by atoms with Gasteiger partial charge in [-0.05, 0) is 12.1 Å². The molecule has 0 amide bonds. The normalized spacial score (nSPS) is 11.1. The summed E-state index contributed by atoms with van der Waals surface area (Å²) in [4.78, 5) is 10.8. The van der Waals surface area contributed by atoms with E-state index in [0.717, 1.165) is 0 Å². The minimum absolute atomic E-state index is 0.0340. The molecule has 0 aliphatic heterocycles. The Morgan fingerprint density at radius 2 is 1.93 bits per heavy atom. The summed E-state index contributed by atoms with van der Waals surface area (Å²) in [6.45, 7) is -0.206. The van der Waals surface area contributed by atoms with E-state index < -0.39 is 9.76 Å². The van der Waals surface area contributed by atoms with Crippen LogP contribution in [0.1, 0.15) is 10.4 Å². The van der Waals surface area contributed by atoms with Crippen molar-refractivity contribution in [3.05, 3.63) is 29.8 Å². The molecule has 0 saturated carbocycles. The van der Waals surface area contributed by atoms with Crippen molar-refractivity contribution in [2.24, 2.45) is 0 Å². The highest BCUT2D eigenvalue weighted by atomic mass is 35.6. The van der Waals surface area contributed by atoms with Crippen LogP contribution >= 0.6 is 34.8 Å². The first-order valence-corrected chi connectivity index (χ1v) is 5.05. The van der Waals surface area contributed by atoms with Gasteiger partial charge in [-0.3, -0.25) is 0 Å². The molecule has 1 N–H and O–H groups in total. The quantitative estimate of drug-likeness (QED) is 0.858. The summed E-state index contributed by atoms with van der Waals surface area (Å²) in [5.74, 6) is -0.911. The number of benzene rings is 1. The van der Waals surface area contributed by atoms with Crippen LogP contribution in [-0.4, -0.2) is 21.5 Å². The monoisotopic (exact) mass is 268 g/mol. The Bertz CT molecular complexity index is 360. The number of carboxylic acid groups (broad SMARTS) is 1. The van der Waals surface area contributed by atoms with E-state index in [-0.39, 0.29) is 17.9 Å². The minimum atomic E-state index is -1.56. The molecule has 0 aliphatic rings. The average Bonchev–Trinajstić information content (AvgIpc) is 2.14. The molecule has 0 radical (unpaired) electrons. The van der Waals surface area contributed by atoms with Gasteiger partial charge in [0.2, 0.25) is 3.79 Å². The Morgan fingerprint density at radius 1 is 1.33 bits per heavy atom. The maximum absolute atomic E-state index is 10.8. The second-order valence-corrected chi connectivity index (χ2v) is 5.22. The van der Waals surface area contributed by atoms with Crippen LogP contribution in [0.4, 0.5) is 0 Å². The van der Waals surface area contributed by atoms with Gasteiger partial charge in [0.15, 0.2) is 0 Å². The van der Waals surface area contributed by atoms with Gasteiger partial charge in [-0.2, -0.15) is 0 Å². The molecule has 0 unspecified atom stereocenters. The fourth-order valence-corrected chi connectivity index (χ4v) is 1.09.